The molecule has 0 bridgehead atoms. The number of nitrogens with zero attached hydrogens (tertiary/aromatic N) is 2. The first-order valence-electron chi connectivity index (χ1n) is 7.46. The number of likely N-dealkylation sites (tertiary alicyclic amines) is 1. The normalized spacial score (nSPS) is 23.1. The zero-order valence-electron chi connectivity index (χ0n) is 11.6. The third kappa shape index (κ3) is 2.93. The average molecular weight is 341 g/mol. The van der Waals surface area contributed by atoms with E-state index < -0.39 is 0 Å². The molecule has 4 nitrogen and oxygen atoms in total. The average Bonchev–Trinajstić information content (AvgIpc) is 3.21. The lowest BCUT2D eigenvalue weighted by atomic mass is 9.95. The molecule has 1 aromatic rings. The molecule has 20 heavy (non-hydrogen) atoms. The molecule has 1 saturated heterocycles. The summed E-state index contributed by atoms with van der Waals surface area (Å²) in [5.74, 6) is 0.593. The molecule has 3 rings (SSSR count). The van der Waals surface area contributed by atoms with Gasteiger partial charge in [-0.15, -0.1) is 0 Å². The summed E-state index contributed by atoms with van der Waals surface area (Å²) in [5, 5.41) is 9.08. The molecule has 0 radical (unpaired) electrons. The number of amides is 1. The van der Waals surface area contributed by atoms with Gasteiger partial charge in [0.25, 0.3) is 5.91 Å². The Labute approximate surface area is 127 Å². The Morgan fingerprint density at radius 3 is 2.90 bits per heavy atom. The number of rotatable bonds is 4. The molecule has 1 amide bonds. The van der Waals surface area contributed by atoms with Crippen molar-refractivity contribution in [3.63, 3.8) is 0 Å². The lowest BCUT2D eigenvalue weighted by Gasteiger charge is -2.32. The summed E-state index contributed by atoms with van der Waals surface area (Å²) in [4.78, 5) is 14.7. The van der Waals surface area contributed by atoms with Crippen LogP contribution in [-0.2, 0) is 0 Å². The zero-order chi connectivity index (χ0) is 14.1. The fourth-order valence-corrected chi connectivity index (χ4v) is 3.54. The number of carbonyl (C=O) groups excluding carboxylic acids is 1. The Kier molecular flexibility index (Phi) is 4.17. The van der Waals surface area contributed by atoms with Crippen LogP contribution < -0.4 is 0 Å². The van der Waals surface area contributed by atoms with Crippen LogP contribution in [0.1, 0.15) is 48.6 Å². The minimum atomic E-state index is 0.144. The van der Waals surface area contributed by atoms with Crippen molar-refractivity contribution in [2.24, 2.45) is 5.92 Å². The standard InChI is InChI=1S/C15H21BrN2O2/c16-12-8-14(18(10-12)13-3-4-13)15(20)17-6-1-2-11(9-17)5-7-19/h8,10-11,13,19H,1-7,9H2. The highest BCUT2D eigenvalue weighted by molar-refractivity contribution is 9.10. The number of hydrogen-bond donors (Lipinski definition) is 1. The molecule has 1 aliphatic carbocycles. The fourth-order valence-electron chi connectivity index (χ4n) is 3.10. The third-order valence-corrected chi connectivity index (χ3v) is 4.75. The van der Waals surface area contributed by atoms with Crippen LogP contribution in [0.2, 0.25) is 0 Å². The quantitative estimate of drug-likeness (QED) is 0.915. The van der Waals surface area contributed by atoms with Crippen molar-refractivity contribution in [3.05, 3.63) is 22.4 Å². The monoisotopic (exact) mass is 340 g/mol. The predicted octanol–water partition coefficient (Wildman–Crippen LogP) is 2.82. The fraction of sp³-hybridized carbons (Fsp3) is 0.667. The number of carbonyl (C=O) groups is 1. The SMILES string of the molecule is O=C(c1cc(Br)cn1C1CC1)N1CCCC(CCO)C1. The highest BCUT2D eigenvalue weighted by atomic mass is 79.9. The Morgan fingerprint density at radius 1 is 1.40 bits per heavy atom. The summed E-state index contributed by atoms with van der Waals surface area (Å²) in [6, 6.07) is 2.45. The smallest absolute Gasteiger partial charge is 0.270 e. The van der Waals surface area contributed by atoms with E-state index in [1.165, 1.54) is 12.8 Å². The maximum atomic E-state index is 12.7. The van der Waals surface area contributed by atoms with Crippen molar-refractivity contribution in [2.75, 3.05) is 19.7 Å². The molecule has 110 valence electrons. The van der Waals surface area contributed by atoms with Crippen LogP contribution in [0.4, 0.5) is 0 Å². The summed E-state index contributed by atoms with van der Waals surface area (Å²) in [7, 11) is 0. The molecule has 1 saturated carbocycles. The van der Waals surface area contributed by atoms with Crippen molar-refractivity contribution in [3.8, 4) is 0 Å². The van der Waals surface area contributed by atoms with E-state index >= 15 is 0 Å². The molecule has 1 aliphatic heterocycles. The topological polar surface area (TPSA) is 45.5 Å². The van der Waals surface area contributed by atoms with E-state index in [9.17, 15) is 4.79 Å². The maximum Gasteiger partial charge on any atom is 0.270 e. The van der Waals surface area contributed by atoms with Crippen LogP contribution in [0.15, 0.2) is 16.7 Å². The number of hydrogen-bond acceptors (Lipinski definition) is 2. The Morgan fingerprint density at radius 2 is 2.20 bits per heavy atom. The minimum Gasteiger partial charge on any atom is -0.396 e. The van der Waals surface area contributed by atoms with E-state index in [0.29, 0.717) is 12.0 Å². The molecule has 2 fully saturated rings. The summed E-state index contributed by atoms with van der Waals surface area (Å²) in [6.45, 7) is 1.85. The largest absolute Gasteiger partial charge is 0.396 e. The Bertz CT molecular complexity index is 494. The molecule has 1 aromatic heterocycles. The molecule has 2 aliphatic rings. The van der Waals surface area contributed by atoms with E-state index in [2.05, 4.69) is 20.5 Å². The van der Waals surface area contributed by atoms with Gasteiger partial charge in [-0.3, -0.25) is 4.79 Å². The van der Waals surface area contributed by atoms with Gasteiger partial charge in [-0.25, -0.2) is 0 Å². The second kappa shape index (κ2) is 5.90. The lowest BCUT2D eigenvalue weighted by Crippen LogP contribution is -2.40. The Hall–Kier alpha value is -0.810. The summed E-state index contributed by atoms with van der Waals surface area (Å²) in [5.41, 5.74) is 0.809. The molecule has 1 unspecified atom stereocenters. The predicted molar refractivity (Wildman–Crippen MR) is 80.7 cm³/mol. The van der Waals surface area contributed by atoms with Gasteiger partial charge < -0.3 is 14.6 Å². The highest BCUT2D eigenvalue weighted by Gasteiger charge is 2.31. The van der Waals surface area contributed by atoms with Gasteiger partial charge in [0.2, 0.25) is 0 Å². The first-order valence-corrected chi connectivity index (χ1v) is 8.26. The van der Waals surface area contributed by atoms with E-state index in [0.717, 1.165) is 42.5 Å². The van der Waals surface area contributed by atoms with E-state index in [4.69, 9.17) is 5.11 Å². The second-order valence-corrected chi connectivity index (χ2v) is 6.87. The van der Waals surface area contributed by atoms with Gasteiger partial charge in [0.05, 0.1) is 0 Å². The lowest BCUT2D eigenvalue weighted by molar-refractivity contribution is 0.0642. The molecule has 0 aromatic carbocycles. The third-order valence-electron chi connectivity index (χ3n) is 4.32. The van der Waals surface area contributed by atoms with Gasteiger partial charge in [-0.2, -0.15) is 0 Å². The number of aliphatic hydroxyl groups excluding tert-OH is 1. The number of halogens is 1. The van der Waals surface area contributed by atoms with Crippen molar-refractivity contribution in [2.45, 2.75) is 38.1 Å². The highest BCUT2D eigenvalue weighted by Crippen LogP contribution is 2.38. The van der Waals surface area contributed by atoms with Crippen LogP contribution in [0, 0.1) is 5.92 Å². The molecule has 1 N–H and O–H groups in total. The van der Waals surface area contributed by atoms with Crippen molar-refractivity contribution < 1.29 is 9.90 Å². The minimum absolute atomic E-state index is 0.144. The molecule has 0 spiro atoms. The van der Waals surface area contributed by atoms with Crippen molar-refractivity contribution in [1.29, 1.82) is 0 Å². The van der Waals surface area contributed by atoms with Gasteiger partial charge in [-0.1, -0.05) is 0 Å². The molecule has 5 heteroatoms. The van der Waals surface area contributed by atoms with E-state index in [-0.39, 0.29) is 12.5 Å². The second-order valence-electron chi connectivity index (χ2n) is 5.95. The molecule has 1 atom stereocenters. The molecular weight excluding hydrogens is 320 g/mol. The van der Waals surface area contributed by atoms with Gasteiger partial charge >= 0.3 is 0 Å². The van der Waals surface area contributed by atoms with Gasteiger partial charge in [-0.05, 0) is 60.0 Å². The summed E-state index contributed by atoms with van der Waals surface area (Å²) >= 11 is 3.48. The molecule has 2 heterocycles. The van der Waals surface area contributed by atoms with Crippen molar-refractivity contribution >= 4 is 21.8 Å². The van der Waals surface area contributed by atoms with Gasteiger partial charge in [0.15, 0.2) is 0 Å². The maximum absolute atomic E-state index is 12.7. The van der Waals surface area contributed by atoms with Crippen LogP contribution in [-0.4, -0.2) is 40.2 Å². The van der Waals surface area contributed by atoms with Gasteiger partial charge in [0, 0.05) is 36.4 Å². The van der Waals surface area contributed by atoms with Gasteiger partial charge in [0.1, 0.15) is 5.69 Å². The van der Waals surface area contributed by atoms with Crippen LogP contribution in [0.25, 0.3) is 0 Å². The number of piperidine rings is 1. The van der Waals surface area contributed by atoms with E-state index in [1.54, 1.807) is 0 Å². The zero-order valence-corrected chi connectivity index (χ0v) is 13.2. The van der Waals surface area contributed by atoms with E-state index in [1.807, 2.05) is 17.2 Å². The summed E-state index contributed by atoms with van der Waals surface area (Å²) < 4.78 is 3.11. The number of aromatic nitrogens is 1. The van der Waals surface area contributed by atoms with Crippen LogP contribution in [0.3, 0.4) is 0 Å². The van der Waals surface area contributed by atoms with Crippen LogP contribution >= 0.6 is 15.9 Å². The Balaban J connectivity index is 1.74. The number of aliphatic hydroxyl groups is 1. The first-order chi connectivity index (χ1) is 9.69. The first kappa shape index (κ1) is 14.1. The van der Waals surface area contributed by atoms with Crippen molar-refractivity contribution in [1.82, 2.24) is 9.47 Å². The molecular formula is C15H21BrN2O2. The van der Waals surface area contributed by atoms with Crippen LogP contribution in [0.5, 0.6) is 0 Å². The summed E-state index contributed by atoms with van der Waals surface area (Å²) in [6.07, 6.45) is 7.35.